The molecule has 0 spiro atoms. The van der Waals surface area contributed by atoms with Crippen LogP contribution in [0.5, 0.6) is 0 Å². The van der Waals surface area contributed by atoms with Gasteiger partial charge in [0, 0.05) is 5.92 Å². The predicted molar refractivity (Wildman–Crippen MR) is 116 cm³/mol. The molecular formula is C26H40F4. The third kappa shape index (κ3) is 7.41. The monoisotopic (exact) mass is 428 g/mol. The largest absolute Gasteiger partial charge is 0.412 e. The van der Waals surface area contributed by atoms with Gasteiger partial charge in [0.2, 0.25) is 0 Å². The molecule has 3 fully saturated rings. The first-order valence-corrected chi connectivity index (χ1v) is 12.5. The van der Waals surface area contributed by atoms with Crippen molar-refractivity contribution < 1.29 is 17.6 Å². The lowest BCUT2D eigenvalue weighted by molar-refractivity contribution is -0.0820. The summed E-state index contributed by atoms with van der Waals surface area (Å²) in [5.41, 5.74) is 0. The van der Waals surface area contributed by atoms with E-state index in [1.54, 1.807) is 0 Å². The van der Waals surface area contributed by atoms with E-state index >= 15 is 0 Å². The molecule has 0 radical (unpaired) electrons. The SMILES string of the molecule is CCCC1CCC(C2CCC(/C=C/C3CCC(/C(F)=C/C(F)(F)F)CC3)CC2)CC1. The second-order valence-corrected chi connectivity index (χ2v) is 10.3. The molecule has 4 heteroatoms. The van der Waals surface area contributed by atoms with Crippen molar-refractivity contribution in [2.45, 2.75) is 103 Å². The molecule has 0 aromatic carbocycles. The third-order valence-corrected chi connectivity index (χ3v) is 8.19. The number of halogens is 4. The van der Waals surface area contributed by atoms with Crippen LogP contribution in [0.4, 0.5) is 17.6 Å². The van der Waals surface area contributed by atoms with E-state index in [1.807, 2.05) is 0 Å². The van der Waals surface area contributed by atoms with Crippen molar-refractivity contribution in [3.05, 3.63) is 24.1 Å². The van der Waals surface area contributed by atoms with Crippen LogP contribution in [0.25, 0.3) is 0 Å². The molecule has 0 unspecified atom stereocenters. The number of hydrogen-bond donors (Lipinski definition) is 0. The first-order valence-electron chi connectivity index (χ1n) is 12.5. The summed E-state index contributed by atoms with van der Waals surface area (Å²) in [6, 6.07) is 0. The van der Waals surface area contributed by atoms with Gasteiger partial charge in [-0.3, -0.25) is 0 Å². The molecule has 0 nitrogen and oxygen atoms in total. The standard InChI is InChI=1S/C26H40F4/c1-2-3-19-6-12-22(13-7-19)23-14-8-20(9-15-23)4-5-21-10-16-24(17-11-21)25(27)18-26(28,29)30/h4-5,18-24H,2-3,6-17H2,1H3/b5-4+,25-18-. The minimum absolute atomic E-state index is 0.150. The summed E-state index contributed by atoms with van der Waals surface area (Å²) in [6.07, 6.45) is 16.4. The van der Waals surface area contributed by atoms with Crippen molar-refractivity contribution in [1.82, 2.24) is 0 Å². The van der Waals surface area contributed by atoms with Crippen LogP contribution in [0.15, 0.2) is 24.1 Å². The minimum atomic E-state index is -4.55. The van der Waals surface area contributed by atoms with E-state index in [0.717, 1.165) is 30.6 Å². The first kappa shape index (κ1) is 23.9. The van der Waals surface area contributed by atoms with Crippen LogP contribution >= 0.6 is 0 Å². The van der Waals surface area contributed by atoms with Gasteiger partial charge in [-0.1, -0.05) is 44.8 Å². The lowest BCUT2D eigenvalue weighted by Crippen LogP contribution is -2.25. The molecule has 0 amide bonds. The summed E-state index contributed by atoms with van der Waals surface area (Å²) in [7, 11) is 0. The maximum Gasteiger partial charge on any atom is 0.412 e. The Labute approximate surface area is 180 Å². The Bertz CT molecular complexity index is 552. The highest BCUT2D eigenvalue weighted by molar-refractivity contribution is 5.05. The van der Waals surface area contributed by atoms with Gasteiger partial charge in [0.05, 0.1) is 6.08 Å². The lowest BCUT2D eigenvalue weighted by atomic mass is 9.68. The molecule has 3 aliphatic carbocycles. The molecular weight excluding hydrogens is 388 g/mol. The second-order valence-electron chi connectivity index (χ2n) is 10.3. The third-order valence-electron chi connectivity index (χ3n) is 8.19. The Kier molecular flexibility index (Phi) is 8.89. The highest BCUT2D eigenvalue weighted by Gasteiger charge is 2.31. The lowest BCUT2D eigenvalue weighted by Gasteiger charge is -2.37. The number of rotatable bonds is 6. The Morgan fingerprint density at radius 3 is 1.67 bits per heavy atom. The maximum absolute atomic E-state index is 13.8. The van der Waals surface area contributed by atoms with Gasteiger partial charge in [-0.05, 0) is 93.8 Å². The van der Waals surface area contributed by atoms with Crippen molar-refractivity contribution in [3.63, 3.8) is 0 Å². The highest BCUT2D eigenvalue weighted by atomic mass is 19.4. The summed E-state index contributed by atoms with van der Waals surface area (Å²) >= 11 is 0. The van der Waals surface area contributed by atoms with Gasteiger partial charge in [0.15, 0.2) is 0 Å². The summed E-state index contributed by atoms with van der Waals surface area (Å²) < 4.78 is 50.8. The molecule has 0 saturated heterocycles. The normalized spacial score (nSPS) is 36.9. The van der Waals surface area contributed by atoms with Gasteiger partial charge in [-0.2, -0.15) is 13.2 Å². The fourth-order valence-electron chi connectivity index (χ4n) is 6.34. The fraction of sp³-hybridized carbons (Fsp3) is 0.846. The molecule has 0 bridgehead atoms. The Morgan fingerprint density at radius 2 is 1.20 bits per heavy atom. The van der Waals surface area contributed by atoms with Crippen molar-refractivity contribution >= 4 is 0 Å². The van der Waals surface area contributed by atoms with E-state index in [9.17, 15) is 17.6 Å². The van der Waals surface area contributed by atoms with Gasteiger partial charge in [0.1, 0.15) is 5.83 Å². The molecule has 3 saturated carbocycles. The van der Waals surface area contributed by atoms with Gasteiger partial charge < -0.3 is 0 Å². The topological polar surface area (TPSA) is 0 Å². The quantitative estimate of drug-likeness (QED) is 0.292. The van der Waals surface area contributed by atoms with Crippen LogP contribution in [0.3, 0.4) is 0 Å². The van der Waals surface area contributed by atoms with Gasteiger partial charge in [0.25, 0.3) is 0 Å². The molecule has 0 aromatic heterocycles. The fourth-order valence-corrected chi connectivity index (χ4v) is 6.34. The number of hydrogen-bond acceptors (Lipinski definition) is 0. The van der Waals surface area contributed by atoms with Crippen molar-refractivity contribution in [2.24, 2.45) is 35.5 Å². The zero-order valence-electron chi connectivity index (χ0n) is 18.6. The van der Waals surface area contributed by atoms with Crippen LogP contribution in [0.2, 0.25) is 0 Å². The van der Waals surface area contributed by atoms with Crippen molar-refractivity contribution in [3.8, 4) is 0 Å². The van der Waals surface area contributed by atoms with Crippen LogP contribution in [0, 0.1) is 35.5 Å². The van der Waals surface area contributed by atoms with E-state index in [0.29, 0.717) is 24.7 Å². The average molecular weight is 429 g/mol. The van der Waals surface area contributed by atoms with E-state index in [4.69, 9.17) is 0 Å². The molecule has 30 heavy (non-hydrogen) atoms. The molecule has 0 aliphatic heterocycles. The molecule has 3 aliphatic rings. The molecule has 0 aromatic rings. The molecule has 0 heterocycles. The molecule has 0 N–H and O–H groups in total. The van der Waals surface area contributed by atoms with E-state index < -0.39 is 17.9 Å². The number of allylic oxidation sites excluding steroid dienone is 4. The minimum Gasteiger partial charge on any atom is -0.212 e. The predicted octanol–water partition coefficient (Wildman–Crippen LogP) is 9.18. The van der Waals surface area contributed by atoms with Crippen LogP contribution in [-0.4, -0.2) is 6.18 Å². The van der Waals surface area contributed by atoms with Crippen LogP contribution in [-0.2, 0) is 0 Å². The van der Waals surface area contributed by atoms with E-state index in [2.05, 4.69) is 19.1 Å². The maximum atomic E-state index is 13.8. The van der Waals surface area contributed by atoms with Gasteiger partial charge in [-0.25, -0.2) is 4.39 Å². The Balaban J connectivity index is 1.35. The zero-order valence-corrected chi connectivity index (χ0v) is 18.6. The summed E-state index contributed by atoms with van der Waals surface area (Å²) in [6.45, 7) is 2.30. The summed E-state index contributed by atoms with van der Waals surface area (Å²) in [4.78, 5) is 0. The van der Waals surface area contributed by atoms with E-state index in [-0.39, 0.29) is 6.08 Å². The second kappa shape index (κ2) is 11.2. The van der Waals surface area contributed by atoms with Gasteiger partial charge in [-0.15, -0.1) is 0 Å². The average Bonchev–Trinajstić information content (AvgIpc) is 2.73. The van der Waals surface area contributed by atoms with Crippen LogP contribution < -0.4 is 0 Å². The molecule has 3 rings (SSSR count). The van der Waals surface area contributed by atoms with Crippen LogP contribution in [0.1, 0.15) is 96.8 Å². The number of alkyl halides is 3. The highest BCUT2D eigenvalue weighted by Crippen LogP contribution is 2.43. The van der Waals surface area contributed by atoms with E-state index in [1.165, 1.54) is 64.2 Å². The summed E-state index contributed by atoms with van der Waals surface area (Å²) in [5.74, 6) is 2.42. The Hall–Kier alpha value is -0.800. The smallest absolute Gasteiger partial charge is 0.212 e. The van der Waals surface area contributed by atoms with Gasteiger partial charge >= 0.3 is 6.18 Å². The van der Waals surface area contributed by atoms with Crippen molar-refractivity contribution in [1.29, 1.82) is 0 Å². The summed E-state index contributed by atoms with van der Waals surface area (Å²) in [5, 5.41) is 0. The zero-order chi connectivity index (χ0) is 21.6. The first-order chi connectivity index (χ1) is 14.3. The Morgan fingerprint density at radius 1 is 0.733 bits per heavy atom. The molecule has 0 atom stereocenters. The van der Waals surface area contributed by atoms with Crippen molar-refractivity contribution in [2.75, 3.05) is 0 Å². The molecule has 172 valence electrons.